The van der Waals surface area contributed by atoms with E-state index in [4.69, 9.17) is 10.1 Å². The number of aromatic nitrogens is 4. The maximum absolute atomic E-state index is 4.78. The van der Waals surface area contributed by atoms with E-state index in [9.17, 15) is 0 Å². The molecule has 1 saturated heterocycles. The lowest BCUT2D eigenvalue weighted by Gasteiger charge is -2.33. The van der Waals surface area contributed by atoms with Gasteiger partial charge in [0.05, 0.1) is 5.69 Å². The van der Waals surface area contributed by atoms with E-state index >= 15 is 0 Å². The third kappa shape index (κ3) is 3.81. The standard InChI is InChI=1S/C21H28N6/c1-4-18-11-20(27-21(24-18)15(2)16(3)25-27)23-19-8-6-10-26(14-19)13-17-7-5-9-22-12-17/h5,7,9,11-12,19,23H,4,6,8,10,13-14H2,1-3H3/t19-/m1/s1. The van der Waals surface area contributed by atoms with Gasteiger partial charge in [-0.25, -0.2) is 4.98 Å². The minimum absolute atomic E-state index is 0.413. The van der Waals surface area contributed by atoms with Crippen molar-refractivity contribution in [3.8, 4) is 0 Å². The van der Waals surface area contributed by atoms with E-state index in [1.165, 1.54) is 18.4 Å². The molecule has 0 bridgehead atoms. The molecule has 27 heavy (non-hydrogen) atoms. The molecule has 3 aromatic rings. The number of nitrogens with zero attached hydrogens (tertiary/aromatic N) is 5. The topological polar surface area (TPSA) is 58.4 Å². The van der Waals surface area contributed by atoms with Crippen LogP contribution in [0.4, 0.5) is 5.82 Å². The zero-order valence-electron chi connectivity index (χ0n) is 16.4. The van der Waals surface area contributed by atoms with E-state index in [1.54, 1.807) is 0 Å². The highest BCUT2D eigenvalue weighted by atomic mass is 15.3. The predicted octanol–water partition coefficient (Wildman–Crippen LogP) is 3.38. The van der Waals surface area contributed by atoms with E-state index in [0.717, 1.165) is 54.5 Å². The van der Waals surface area contributed by atoms with Gasteiger partial charge in [0.15, 0.2) is 5.65 Å². The van der Waals surface area contributed by atoms with Crippen LogP contribution in [0.5, 0.6) is 0 Å². The number of likely N-dealkylation sites (tertiary alicyclic amines) is 1. The van der Waals surface area contributed by atoms with Crippen LogP contribution in [0.15, 0.2) is 30.6 Å². The molecule has 0 spiro atoms. The first-order valence-corrected chi connectivity index (χ1v) is 9.87. The average molecular weight is 364 g/mol. The van der Waals surface area contributed by atoms with Crippen molar-refractivity contribution < 1.29 is 0 Å². The van der Waals surface area contributed by atoms with Gasteiger partial charge in [0.2, 0.25) is 0 Å². The number of fused-ring (bicyclic) bond motifs is 1. The summed E-state index contributed by atoms with van der Waals surface area (Å²) in [4.78, 5) is 11.5. The van der Waals surface area contributed by atoms with Crippen molar-refractivity contribution in [3.05, 3.63) is 53.1 Å². The van der Waals surface area contributed by atoms with Crippen LogP contribution in [0.3, 0.4) is 0 Å². The second kappa shape index (κ2) is 7.64. The Morgan fingerprint density at radius 1 is 1.30 bits per heavy atom. The molecule has 142 valence electrons. The summed E-state index contributed by atoms with van der Waals surface area (Å²) in [6.07, 6.45) is 7.09. The number of piperidine rings is 1. The summed E-state index contributed by atoms with van der Waals surface area (Å²) in [5.74, 6) is 1.06. The second-order valence-corrected chi connectivity index (χ2v) is 7.51. The van der Waals surface area contributed by atoms with Gasteiger partial charge in [-0.1, -0.05) is 13.0 Å². The van der Waals surface area contributed by atoms with Gasteiger partial charge >= 0.3 is 0 Å². The maximum Gasteiger partial charge on any atom is 0.160 e. The summed E-state index contributed by atoms with van der Waals surface area (Å²) in [7, 11) is 0. The summed E-state index contributed by atoms with van der Waals surface area (Å²) < 4.78 is 1.98. The van der Waals surface area contributed by atoms with Crippen molar-refractivity contribution in [2.75, 3.05) is 18.4 Å². The number of nitrogens with one attached hydrogen (secondary N) is 1. The van der Waals surface area contributed by atoms with Crippen LogP contribution in [-0.2, 0) is 13.0 Å². The first kappa shape index (κ1) is 17.9. The van der Waals surface area contributed by atoms with Crippen LogP contribution in [0.1, 0.15) is 42.3 Å². The van der Waals surface area contributed by atoms with Crippen molar-refractivity contribution in [2.45, 2.75) is 52.6 Å². The highest BCUT2D eigenvalue weighted by Crippen LogP contribution is 2.22. The lowest BCUT2D eigenvalue weighted by Crippen LogP contribution is -2.42. The summed E-state index contributed by atoms with van der Waals surface area (Å²) in [5.41, 5.74) is 5.56. The SMILES string of the molecule is CCc1cc(N[C@@H]2CCCN(Cc3cccnc3)C2)n2nc(C)c(C)c2n1. The van der Waals surface area contributed by atoms with Gasteiger partial charge in [0.25, 0.3) is 0 Å². The van der Waals surface area contributed by atoms with Crippen LogP contribution in [0.2, 0.25) is 0 Å². The summed E-state index contributed by atoms with van der Waals surface area (Å²) >= 11 is 0. The van der Waals surface area contributed by atoms with E-state index < -0.39 is 0 Å². The molecular formula is C21H28N6. The molecule has 0 aliphatic carbocycles. The monoisotopic (exact) mass is 364 g/mol. The zero-order valence-corrected chi connectivity index (χ0v) is 16.4. The van der Waals surface area contributed by atoms with Crippen LogP contribution < -0.4 is 5.32 Å². The van der Waals surface area contributed by atoms with Crippen molar-refractivity contribution in [1.29, 1.82) is 0 Å². The largest absolute Gasteiger partial charge is 0.366 e. The highest BCUT2D eigenvalue weighted by molar-refractivity contribution is 5.56. The molecule has 0 radical (unpaired) electrons. The quantitative estimate of drug-likeness (QED) is 0.752. The molecule has 0 aromatic carbocycles. The molecule has 1 fully saturated rings. The average Bonchev–Trinajstić information content (AvgIpc) is 2.97. The van der Waals surface area contributed by atoms with Crippen LogP contribution in [-0.4, -0.2) is 43.6 Å². The minimum atomic E-state index is 0.413. The van der Waals surface area contributed by atoms with E-state index in [0.29, 0.717) is 6.04 Å². The van der Waals surface area contributed by atoms with Crippen molar-refractivity contribution in [3.63, 3.8) is 0 Å². The number of aryl methyl sites for hydroxylation is 3. The molecule has 6 heteroatoms. The number of hydrogen-bond donors (Lipinski definition) is 1. The molecule has 1 N–H and O–H groups in total. The van der Waals surface area contributed by atoms with Gasteiger partial charge in [0.1, 0.15) is 5.82 Å². The smallest absolute Gasteiger partial charge is 0.160 e. The minimum Gasteiger partial charge on any atom is -0.366 e. The summed E-state index contributed by atoms with van der Waals surface area (Å²) in [6.45, 7) is 9.42. The number of anilines is 1. The van der Waals surface area contributed by atoms with Gasteiger partial charge in [-0.05, 0) is 51.3 Å². The Morgan fingerprint density at radius 3 is 2.96 bits per heavy atom. The third-order valence-corrected chi connectivity index (χ3v) is 5.46. The fourth-order valence-corrected chi connectivity index (χ4v) is 3.84. The zero-order chi connectivity index (χ0) is 18.8. The predicted molar refractivity (Wildman–Crippen MR) is 108 cm³/mol. The van der Waals surface area contributed by atoms with Gasteiger partial charge in [0, 0.05) is 48.8 Å². The normalized spacial score (nSPS) is 18.1. The van der Waals surface area contributed by atoms with E-state index in [-0.39, 0.29) is 0 Å². The number of hydrogen-bond acceptors (Lipinski definition) is 5. The lowest BCUT2D eigenvalue weighted by molar-refractivity contribution is 0.208. The van der Waals surface area contributed by atoms with Crippen LogP contribution >= 0.6 is 0 Å². The molecule has 6 nitrogen and oxygen atoms in total. The molecule has 0 saturated carbocycles. The molecule has 0 amide bonds. The van der Waals surface area contributed by atoms with E-state index in [1.807, 2.05) is 23.0 Å². The number of rotatable bonds is 5. The van der Waals surface area contributed by atoms with Crippen LogP contribution in [0, 0.1) is 13.8 Å². The molecule has 3 aromatic heterocycles. The Balaban J connectivity index is 1.54. The molecule has 1 aliphatic heterocycles. The van der Waals surface area contributed by atoms with Gasteiger partial charge in [-0.3, -0.25) is 9.88 Å². The fraction of sp³-hybridized carbons (Fsp3) is 0.476. The van der Waals surface area contributed by atoms with Crippen molar-refractivity contribution in [2.24, 2.45) is 0 Å². The number of pyridine rings is 1. The van der Waals surface area contributed by atoms with Gasteiger partial charge in [-0.2, -0.15) is 9.61 Å². The van der Waals surface area contributed by atoms with Gasteiger partial charge < -0.3 is 5.32 Å². The lowest BCUT2D eigenvalue weighted by atomic mass is 10.0. The first-order valence-electron chi connectivity index (χ1n) is 9.87. The van der Waals surface area contributed by atoms with E-state index in [2.05, 4.69) is 48.1 Å². The Kier molecular flexibility index (Phi) is 5.07. The summed E-state index contributed by atoms with van der Waals surface area (Å²) in [6, 6.07) is 6.73. The third-order valence-electron chi connectivity index (χ3n) is 5.46. The van der Waals surface area contributed by atoms with Gasteiger partial charge in [-0.15, -0.1) is 0 Å². The maximum atomic E-state index is 4.78. The Labute approximate surface area is 160 Å². The van der Waals surface area contributed by atoms with Crippen LogP contribution in [0.25, 0.3) is 5.65 Å². The van der Waals surface area contributed by atoms with Crippen molar-refractivity contribution >= 4 is 11.5 Å². The Morgan fingerprint density at radius 2 is 2.19 bits per heavy atom. The van der Waals surface area contributed by atoms with Crippen molar-refractivity contribution in [1.82, 2.24) is 24.5 Å². The molecule has 4 rings (SSSR count). The molecule has 0 unspecified atom stereocenters. The molecule has 4 heterocycles. The first-order chi connectivity index (χ1) is 13.1. The Hall–Kier alpha value is -2.47. The molecular weight excluding hydrogens is 336 g/mol. The highest BCUT2D eigenvalue weighted by Gasteiger charge is 2.21. The molecule has 1 atom stereocenters. The fourth-order valence-electron chi connectivity index (χ4n) is 3.84. The summed E-state index contributed by atoms with van der Waals surface area (Å²) in [5, 5.41) is 8.47. The second-order valence-electron chi connectivity index (χ2n) is 7.51. The Bertz CT molecular complexity index is 917. The molecule has 1 aliphatic rings.